The summed E-state index contributed by atoms with van der Waals surface area (Å²) in [5.74, 6) is -0.510. The number of ether oxygens (including phenoxy) is 1. The lowest BCUT2D eigenvalue weighted by molar-refractivity contribution is -0.384. The van der Waals surface area contributed by atoms with Gasteiger partial charge in [0.15, 0.2) is 5.58 Å². The van der Waals surface area contributed by atoms with Crippen LogP contribution in [0.1, 0.15) is 10.4 Å². The van der Waals surface area contributed by atoms with Crippen LogP contribution < -0.4 is 0 Å². The predicted octanol–water partition coefficient (Wildman–Crippen LogP) is 4.51. The number of nitro groups is 1. The molecule has 0 N–H and O–H groups in total. The zero-order valence-electron chi connectivity index (χ0n) is 12.8. The second kappa shape index (κ2) is 6.86. The second-order valence-electron chi connectivity index (χ2n) is 4.98. The number of halogens is 1. The van der Waals surface area contributed by atoms with E-state index < -0.39 is 10.9 Å². The molecule has 0 saturated heterocycles. The minimum absolute atomic E-state index is 0.0196. The van der Waals surface area contributed by atoms with Crippen LogP contribution in [0.15, 0.2) is 57.9 Å². The highest BCUT2D eigenvalue weighted by Crippen LogP contribution is 2.33. The number of nitro benzene ring substituents is 1. The Bertz CT molecular complexity index is 996. The predicted molar refractivity (Wildman–Crippen MR) is 94.3 cm³/mol. The molecule has 0 aliphatic rings. The normalized spacial score (nSPS) is 10.6. The molecule has 0 radical (unpaired) electrons. The van der Waals surface area contributed by atoms with E-state index in [9.17, 15) is 14.9 Å². The molecule has 0 aliphatic heterocycles. The van der Waals surface area contributed by atoms with Gasteiger partial charge >= 0.3 is 5.97 Å². The lowest BCUT2D eigenvalue weighted by atomic mass is 10.1. The molecule has 1 heterocycles. The largest absolute Gasteiger partial charge is 0.458 e. The van der Waals surface area contributed by atoms with Crippen LogP contribution in [0.3, 0.4) is 0 Å². The maximum Gasteiger partial charge on any atom is 0.342 e. The summed E-state index contributed by atoms with van der Waals surface area (Å²) in [5.41, 5.74) is 0.657. The molecular weight excluding hydrogens is 392 g/mol. The molecule has 0 unspecified atom stereocenters. The molecule has 8 heteroatoms. The van der Waals surface area contributed by atoms with E-state index >= 15 is 0 Å². The Morgan fingerprint density at radius 1 is 1.40 bits per heavy atom. The van der Waals surface area contributed by atoms with E-state index in [-0.39, 0.29) is 34.8 Å². The van der Waals surface area contributed by atoms with Crippen molar-refractivity contribution in [3.05, 3.63) is 69.2 Å². The van der Waals surface area contributed by atoms with Crippen molar-refractivity contribution in [2.75, 3.05) is 6.61 Å². The molecule has 7 nitrogen and oxygen atoms in total. The highest BCUT2D eigenvalue weighted by Gasteiger charge is 2.23. The Balaban J connectivity index is 2.20. The van der Waals surface area contributed by atoms with E-state index in [1.807, 2.05) is 12.1 Å². The topological polar surface area (TPSA) is 95.5 Å². The molecular formula is C17H11BrN2O5. The van der Waals surface area contributed by atoms with Crippen molar-refractivity contribution in [1.29, 1.82) is 0 Å². The van der Waals surface area contributed by atoms with Crippen molar-refractivity contribution in [2.24, 2.45) is 0 Å². The summed E-state index contributed by atoms with van der Waals surface area (Å²) in [7, 11) is 0. The van der Waals surface area contributed by atoms with E-state index in [0.717, 1.165) is 10.5 Å². The summed E-state index contributed by atoms with van der Waals surface area (Å²) in [4.78, 5) is 27.0. The SMILES string of the molecule is C=CCOC(=O)c1cc([N+](=O)[O-])cc2nc(-c3ccccc3Br)oc12. The van der Waals surface area contributed by atoms with E-state index in [1.54, 1.807) is 12.1 Å². The van der Waals surface area contributed by atoms with Crippen molar-refractivity contribution in [3.8, 4) is 11.5 Å². The smallest absolute Gasteiger partial charge is 0.342 e. The fourth-order valence-electron chi connectivity index (χ4n) is 2.24. The molecule has 3 rings (SSSR count). The van der Waals surface area contributed by atoms with Crippen molar-refractivity contribution in [2.45, 2.75) is 0 Å². The molecule has 126 valence electrons. The molecule has 0 saturated carbocycles. The molecule has 3 aromatic rings. The van der Waals surface area contributed by atoms with E-state index in [1.165, 1.54) is 12.1 Å². The Labute approximate surface area is 150 Å². The number of non-ortho nitro benzene ring substituents is 1. The molecule has 0 atom stereocenters. The first-order chi connectivity index (χ1) is 12.0. The van der Waals surface area contributed by atoms with Gasteiger partial charge in [0.05, 0.1) is 10.5 Å². The van der Waals surface area contributed by atoms with Crippen LogP contribution in [0.4, 0.5) is 5.69 Å². The Hall–Kier alpha value is -3.00. The van der Waals surface area contributed by atoms with Gasteiger partial charge in [0, 0.05) is 16.6 Å². The molecule has 0 spiro atoms. The number of esters is 1. The number of carbonyl (C=O) groups excluding carboxylic acids is 1. The highest BCUT2D eigenvalue weighted by atomic mass is 79.9. The van der Waals surface area contributed by atoms with Crippen molar-refractivity contribution in [1.82, 2.24) is 4.98 Å². The van der Waals surface area contributed by atoms with Gasteiger partial charge in [-0.15, -0.1) is 0 Å². The Kier molecular flexibility index (Phi) is 4.62. The molecule has 0 fully saturated rings. The maximum atomic E-state index is 12.2. The molecule has 25 heavy (non-hydrogen) atoms. The summed E-state index contributed by atoms with van der Waals surface area (Å²) in [5, 5.41) is 11.1. The van der Waals surface area contributed by atoms with Crippen molar-refractivity contribution >= 4 is 38.7 Å². The first-order valence-electron chi connectivity index (χ1n) is 7.13. The van der Waals surface area contributed by atoms with Crippen molar-refractivity contribution in [3.63, 3.8) is 0 Å². The maximum absolute atomic E-state index is 12.2. The van der Waals surface area contributed by atoms with Crippen LogP contribution >= 0.6 is 15.9 Å². The first kappa shape index (κ1) is 16.8. The van der Waals surface area contributed by atoms with E-state index in [2.05, 4.69) is 27.5 Å². The number of hydrogen-bond acceptors (Lipinski definition) is 6. The zero-order chi connectivity index (χ0) is 18.0. The van der Waals surface area contributed by atoms with E-state index in [4.69, 9.17) is 9.15 Å². The fraction of sp³-hybridized carbons (Fsp3) is 0.0588. The minimum atomic E-state index is -0.747. The first-order valence-corrected chi connectivity index (χ1v) is 7.92. The van der Waals surface area contributed by atoms with Crippen LogP contribution in [-0.4, -0.2) is 22.5 Å². The number of benzene rings is 2. The van der Waals surface area contributed by atoms with Gasteiger partial charge in [0.1, 0.15) is 17.7 Å². The van der Waals surface area contributed by atoms with Crippen LogP contribution in [0, 0.1) is 10.1 Å². The molecule has 0 bridgehead atoms. The standard InChI is InChI=1S/C17H11BrN2O5/c1-2-7-24-17(21)12-8-10(20(22)23)9-14-15(12)25-16(19-14)11-5-3-4-6-13(11)18/h2-6,8-9H,1,7H2. The van der Waals surface area contributed by atoms with Crippen molar-refractivity contribution < 1.29 is 18.9 Å². The monoisotopic (exact) mass is 402 g/mol. The summed E-state index contributed by atoms with van der Waals surface area (Å²) >= 11 is 3.40. The summed E-state index contributed by atoms with van der Waals surface area (Å²) < 4.78 is 11.4. The van der Waals surface area contributed by atoms with Gasteiger partial charge in [-0.25, -0.2) is 9.78 Å². The summed E-state index contributed by atoms with van der Waals surface area (Å²) in [6.07, 6.45) is 1.40. The number of nitrogens with zero attached hydrogens (tertiary/aromatic N) is 2. The van der Waals surface area contributed by atoms with Gasteiger partial charge in [0.2, 0.25) is 5.89 Å². The number of carbonyl (C=O) groups is 1. The number of oxazole rings is 1. The lowest BCUT2D eigenvalue weighted by Gasteiger charge is -2.02. The van der Waals surface area contributed by atoms with Gasteiger partial charge in [-0.2, -0.15) is 0 Å². The van der Waals surface area contributed by atoms with Gasteiger partial charge < -0.3 is 9.15 Å². The molecule has 1 aromatic heterocycles. The van der Waals surface area contributed by atoms with Crippen LogP contribution in [0.25, 0.3) is 22.6 Å². The highest BCUT2D eigenvalue weighted by molar-refractivity contribution is 9.10. The minimum Gasteiger partial charge on any atom is -0.458 e. The third-order valence-corrected chi connectivity index (χ3v) is 4.03. The lowest BCUT2D eigenvalue weighted by Crippen LogP contribution is -2.06. The molecule has 0 amide bonds. The number of aromatic nitrogens is 1. The van der Waals surface area contributed by atoms with Gasteiger partial charge in [-0.05, 0) is 28.1 Å². The van der Waals surface area contributed by atoms with Crippen LogP contribution in [-0.2, 0) is 4.74 Å². The van der Waals surface area contributed by atoms with E-state index in [0.29, 0.717) is 5.56 Å². The van der Waals surface area contributed by atoms with Crippen LogP contribution in [0.2, 0.25) is 0 Å². The van der Waals surface area contributed by atoms with Crippen LogP contribution in [0.5, 0.6) is 0 Å². The number of hydrogen-bond donors (Lipinski definition) is 0. The Morgan fingerprint density at radius 2 is 2.16 bits per heavy atom. The third-order valence-electron chi connectivity index (χ3n) is 3.34. The van der Waals surface area contributed by atoms with Gasteiger partial charge in [-0.3, -0.25) is 10.1 Å². The quantitative estimate of drug-likeness (QED) is 0.269. The molecule has 2 aromatic carbocycles. The number of fused-ring (bicyclic) bond motifs is 1. The average molecular weight is 403 g/mol. The second-order valence-corrected chi connectivity index (χ2v) is 5.84. The summed E-state index contributed by atoms with van der Waals surface area (Å²) in [6.45, 7) is 3.44. The third kappa shape index (κ3) is 3.29. The number of rotatable bonds is 5. The Morgan fingerprint density at radius 3 is 2.84 bits per heavy atom. The van der Waals surface area contributed by atoms with Gasteiger partial charge in [-0.1, -0.05) is 24.8 Å². The average Bonchev–Trinajstić information content (AvgIpc) is 3.02. The summed E-state index contributed by atoms with van der Waals surface area (Å²) in [6, 6.07) is 9.59. The molecule has 0 aliphatic carbocycles. The zero-order valence-corrected chi connectivity index (χ0v) is 14.4. The van der Waals surface area contributed by atoms with Gasteiger partial charge in [0.25, 0.3) is 5.69 Å². The fourth-order valence-corrected chi connectivity index (χ4v) is 2.69.